The molecule has 0 amide bonds. The van der Waals surface area contributed by atoms with Crippen molar-refractivity contribution in [3.8, 4) is 0 Å². The summed E-state index contributed by atoms with van der Waals surface area (Å²) in [6.45, 7) is 0. The number of hydrogen-bond acceptors (Lipinski definition) is 3. The molecule has 0 heterocycles. The van der Waals surface area contributed by atoms with Crippen LogP contribution in [-0.2, 0) is 4.79 Å². The van der Waals surface area contributed by atoms with E-state index < -0.39 is 24.1 Å². The van der Waals surface area contributed by atoms with E-state index in [9.17, 15) is 4.79 Å². The van der Waals surface area contributed by atoms with E-state index in [0.717, 1.165) is 0 Å². The Hall–Kier alpha value is -0.320. The first-order valence-corrected chi connectivity index (χ1v) is 2.74. The highest BCUT2D eigenvalue weighted by molar-refractivity contribution is 6.18. The Labute approximate surface area is 56.7 Å². The lowest BCUT2D eigenvalue weighted by molar-refractivity contribution is -0.170. The number of halogens is 1. The minimum Gasteiger partial charge on any atom is -0.481 e. The summed E-state index contributed by atoms with van der Waals surface area (Å²) < 4.78 is 0. The van der Waals surface area contributed by atoms with Crippen molar-refractivity contribution in [1.82, 2.24) is 0 Å². The number of alkyl halides is 1. The summed E-state index contributed by atoms with van der Waals surface area (Å²) in [5.74, 6) is -4.06. The van der Waals surface area contributed by atoms with Crippen molar-refractivity contribution in [2.75, 3.05) is 5.88 Å². The Morgan fingerprint density at radius 2 is 2.00 bits per heavy atom. The number of carboxylic acids is 1. The van der Waals surface area contributed by atoms with Gasteiger partial charge in [0.05, 0.1) is 5.88 Å². The average molecular weight is 155 g/mol. The summed E-state index contributed by atoms with van der Waals surface area (Å²) in [5.41, 5.74) is 0. The van der Waals surface area contributed by atoms with E-state index in [0.29, 0.717) is 0 Å². The van der Waals surface area contributed by atoms with Gasteiger partial charge in [0.15, 0.2) is 5.79 Å². The molecule has 0 aliphatic heterocycles. The molecular weight excluding hydrogens is 147 g/mol. The van der Waals surface area contributed by atoms with Crippen LogP contribution in [0.15, 0.2) is 0 Å². The summed E-state index contributed by atoms with van der Waals surface area (Å²) >= 11 is 4.97. The van der Waals surface area contributed by atoms with Crippen LogP contribution in [-0.4, -0.2) is 33.0 Å². The van der Waals surface area contributed by atoms with Crippen LogP contribution in [0, 0.1) is 0 Å². The van der Waals surface area contributed by atoms with Gasteiger partial charge >= 0.3 is 5.97 Å². The lowest BCUT2D eigenvalue weighted by Gasteiger charge is -2.14. The van der Waals surface area contributed by atoms with Gasteiger partial charge in [0.25, 0.3) is 0 Å². The summed E-state index contributed by atoms with van der Waals surface area (Å²) in [7, 11) is 0. The number of aliphatic hydroxyl groups is 2. The molecule has 0 spiro atoms. The Balaban J connectivity index is 3.71. The second-order valence-corrected chi connectivity index (χ2v) is 1.95. The molecule has 0 aliphatic carbocycles. The van der Waals surface area contributed by atoms with Crippen LogP contribution in [0.25, 0.3) is 0 Å². The maximum Gasteiger partial charge on any atom is 0.308 e. The fraction of sp³-hybridized carbons (Fsp3) is 0.750. The van der Waals surface area contributed by atoms with E-state index in [1.807, 2.05) is 0 Å². The van der Waals surface area contributed by atoms with Gasteiger partial charge in [-0.1, -0.05) is 0 Å². The predicted octanol–water partition coefficient (Wildman–Crippen LogP) is -0.619. The van der Waals surface area contributed by atoms with E-state index in [1.165, 1.54) is 0 Å². The van der Waals surface area contributed by atoms with Gasteiger partial charge in [-0.2, -0.15) is 0 Å². The first-order chi connectivity index (χ1) is 3.98. The molecule has 0 fully saturated rings. The molecule has 0 bridgehead atoms. The van der Waals surface area contributed by atoms with Gasteiger partial charge < -0.3 is 15.3 Å². The van der Waals surface area contributed by atoms with Crippen LogP contribution in [0.4, 0.5) is 0 Å². The zero-order valence-electron chi connectivity index (χ0n) is 4.54. The van der Waals surface area contributed by atoms with Gasteiger partial charge in [0.2, 0.25) is 0 Å². The molecule has 0 saturated heterocycles. The van der Waals surface area contributed by atoms with Crippen molar-refractivity contribution in [3.63, 3.8) is 0 Å². The van der Waals surface area contributed by atoms with Crippen molar-refractivity contribution in [2.45, 2.75) is 12.2 Å². The van der Waals surface area contributed by atoms with E-state index >= 15 is 0 Å². The minimum atomic E-state index is -2.27. The molecule has 0 rings (SSSR count). The highest BCUT2D eigenvalue weighted by atomic mass is 35.5. The molecule has 0 radical (unpaired) electrons. The predicted molar refractivity (Wildman–Crippen MR) is 30.1 cm³/mol. The first kappa shape index (κ1) is 8.68. The summed E-state index contributed by atoms with van der Waals surface area (Å²) in [5, 5.41) is 25.1. The molecular formula is C4H7ClO4. The molecule has 0 unspecified atom stereocenters. The van der Waals surface area contributed by atoms with Crippen LogP contribution < -0.4 is 0 Å². The summed E-state index contributed by atoms with van der Waals surface area (Å²) in [6, 6.07) is 0. The Kier molecular flexibility index (Phi) is 2.90. The SMILES string of the molecule is O=C(O)CC(O)(O)CCl. The minimum absolute atomic E-state index is 0.501. The topological polar surface area (TPSA) is 77.8 Å². The Morgan fingerprint density at radius 3 is 2.11 bits per heavy atom. The smallest absolute Gasteiger partial charge is 0.308 e. The maximum atomic E-state index is 9.80. The number of rotatable bonds is 3. The highest BCUT2D eigenvalue weighted by Gasteiger charge is 2.24. The van der Waals surface area contributed by atoms with Gasteiger partial charge in [-0.05, 0) is 0 Å². The number of aliphatic carboxylic acids is 1. The van der Waals surface area contributed by atoms with Gasteiger partial charge in [-0.3, -0.25) is 4.79 Å². The Morgan fingerprint density at radius 1 is 1.56 bits per heavy atom. The van der Waals surface area contributed by atoms with Gasteiger partial charge in [0.1, 0.15) is 6.42 Å². The molecule has 54 valence electrons. The van der Waals surface area contributed by atoms with Gasteiger partial charge in [-0.25, -0.2) is 0 Å². The lowest BCUT2D eigenvalue weighted by atomic mass is 10.2. The number of carbonyl (C=O) groups is 1. The third-order valence-electron chi connectivity index (χ3n) is 0.648. The molecule has 0 saturated carbocycles. The molecule has 5 heteroatoms. The highest BCUT2D eigenvalue weighted by Crippen LogP contribution is 2.06. The third-order valence-corrected chi connectivity index (χ3v) is 1.08. The molecule has 9 heavy (non-hydrogen) atoms. The van der Waals surface area contributed by atoms with Crippen LogP contribution in [0.5, 0.6) is 0 Å². The Bertz CT molecular complexity index is 111. The third kappa shape index (κ3) is 4.20. The molecule has 0 aromatic heterocycles. The summed E-state index contributed by atoms with van der Waals surface area (Å²) in [6.07, 6.45) is -0.753. The van der Waals surface area contributed by atoms with Gasteiger partial charge in [0, 0.05) is 0 Å². The van der Waals surface area contributed by atoms with Crippen LogP contribution in [0.1, 0.15) is 6.42 Å². The monoisotopic (exact) mass is 154 g/mol. The van der Waals surface area contributed by atoms with Crippen molar-refractivity contribution in [1.29, 1.82) is 0 Å². The van der Waals surface area contributed by atoms with Crippen LogP contribution >= 0.6 is 11.6 Å². The van der Waals surface area contributed by atoms with E-state index in [-0.39, 0.29) is 0 Å². The maximum absolute atomic E-state index is 9.80. The second-order valence-electron chi connectivity index (χ2n) is 1.69. The van der Waals surface area contributed by atoms with Crippen molar-refractivity contribution < 1.29 is 20.1 Å². The van der Waals surface area contributed by atoms with Crippen molar-refractivity contribution in [3.05, 3.63) is 0 Å². The van der Waals surface area contributed by atoms with E-state index in [4.69, 9.17) is 26.9 Å². The molecule has 4 nitrogen and oxygen atoms in total. The lowest BCUT2D eigenvalue weighted by Crippen LogP contribution is -2.33. The number of carboxylic acid groups (broad SMARTS) is 1. The van der Waals surface area contributed by atoms with Crippen molar-refractivity contribution >= 4 is 17.6 Å². The first-order valence-electron chi connectivity index (χ1n) is 2.20. The van der Waals surface area contributed by atoms with Crippen LogP contribution in [0.3, 0.4) is 0 Å². The fourth-order valence-electron chi connectivity index (χ4n) is 0.289. The molecule has 0 aliphatic rings. The molecule has 0 aromatic carbocycles. The largest absolute Gasteiger partial charge is 0.481 e. The second kappa shape index (κ2) is 3.00. The standard InChI is InChI=1S/C4H7ClO4/c5-2-4(8,9)1-3(6)7/h8-9H,1-2H2,(H,6,7). The fourth-order valence-corrected chi connectivity index (χ4v) is 0.384. The van der Waals surface area contributed by atoms with Crippen LogP contribution in [0.2, 0.25) is 0 Å². The molecule has 3 N–H and O–H groups in total. The molecule has 0 atom stereocenters. The normalized spacial score (nSPS) is 11.4. The number of hydrogen-bond donors (Lipinski definition) is 3. The van der Waals surface area contributed by atoms with E-state index in [1.54, 1.807) is 0 Å². The zero-order valence-corrected chi connectivity index (χ0v) is 5.30. The summed E-state index contributed by atoms with van der Waals surface area (Å²) in [4.78, 5) is 9.80. The molecule has 0 aromatic rings. The zero-order chi connectivity index (χ0) is 7.49. The van der Waals surface area contributed by atoms with E-state index in [2.05, 4.69) is 0 Å². The van der Waals surface area contributed by atoms with Crippen molar-refractivity contribution in [2.24, 2.45) is 0 Å². The quantitative estimate of drug-likeness (QED) is 0.374. The average Bonchev–Trinajstić information content (AvgIpc) is 1.63. The van der Waals surface area contributed by atoms with Gasteiger partial charge in [-0.15, -0.1) is 11.6 Å².